The molecular weight excluding hydrogens is 284 g/mol. The van der Waals surface area contributed by atoms with Crippen molar-refractivity contribution in [3.63, 3.8) is 0 Å². The van der Waals surface area contributed by atoms with Crippen LogP contribution in [-0.4, -0.2) is 38.2 Å². The van der Waals surface area contributed by atoms with Crippen molar-refractivity contribution in [2.24, 2.45) is 0 Å². The Morgan fingerprint density at radius 3 is 2.39 bits per heavy atom. The normalized spacial score (nSPS) is 17.0. The maximum absolute atomic E-state index is 5.43. The lowest BCUT2D eigenvalue weighted by molar-refractivity contribution is 0.198. The standard InChI is InChI=1S/C20H26N2O/c1-15-5-4-6-17(13-15)20(22-11-9-21-10-12-22)18-7-8-19(23-3)16(2)14-18/h4-8,13-14,20-21H,9-12H2,1-3H3. The molecule has 1 aliphatic heterocycles. The van der Waals surface area contributed by atoms with E-state index in [1.165, 1.54) is 22.3 Å². The molecule has 0 amide bonds. The molecule has 122 valence electrons. The number of piperazine rings is 1. The van der Waals surface area contributed by atoms with Gasteiger partial charge in [-0.25, -0.2) is 0 Å². The molecule has 0 aromatic heterocycles. The summed E-state index contributed by atoms with van der Waals surface area (Å²) in [5.74, 6) is 0.956. The Hall–Kier alpha value is -1.84. The van der Waals surface area contributed by atoms with E-state index in [1.807, 2.05) is 0 Å². The first kappa shape index (κ1) is 16.0. The van der Waals surface area contributed by atoms with Crippen LogP contribution in [0.2, 0.25) is 0 Å². The molecule has 1 N–H and O–H groups in total. The Labute approximate surface area is 139 Å². The molecule has 0 spiro atoms. The summed E-state index contributed by atoms with van der Waals surface area (Å²) in [4.78, 5) is 2.58. The molecule has 0 aliphatic carbocycles. The van der Waals surface area contributed by atoms with Gasteiger partial charge in [-0.2, -0.15) is 0 Å². The first-order valence-corrected chi connectivity index (χ1v) is 8.35. The Balaban J connectivity index is 2.02. The average Bonchev–Trinajstić information content (AvgIpc) is 2.56. The molecule has 1 fully saturated rings. The zero-order chi connectivity index (χ0) is 16.2. The van der Waals surface area contributed by atoms with Gasteiger partial charge in [0.25, 0.3) is 0 Å². The molecule has 2 aromatic carbocycles. The summed E-state index contributed by atoms with van der Waals surface area (Å²) >= 11 is 0. The van der Waals surface area contributed by atoms with E-state index >= 15 is 0 Å². The van der Waals surface area contributed by atoms with Crippen molar-refractivity contribution in [2.75, 3.05) is 33.3 Å². The lowest BCUT2D eigenvalue weighted by atomic mass is 9.94. The molecule has 0 bridgehead atoms. The second-order valence-corrected chi connectivity index (χ2v) is 6.33. The van der Waals surface area contributed by atoms with E-state index in [4.69, 9.17) is 4.74 Å². The summed E-state index contributed by atoms with van der Waals surface area (Å²) in [7, 11) is 1.73. The number of nitrogens with zero attached hydrogens (tertiary/aromatic N) is 1. The lowest BCUT2D eigenvalue weighted by Gasteiger charge is -2.36. The van der Waals surface area contributed by atoms with Gasteiger partial charge in [-0.15, -0.1) is 0 Å². The van der Waals surface area contributed by atoms with Gasteiger partial charge in [0.05, 0.1) is 13.2 Å². The van der Waals surface area contributed by atoms with Gasteiger partial charge in [0.1, 0.15) is 5.75 Å². The van der Waals surface area contributed by atoms with E-state index in [9.17, 15) is 0 Å². The van der Waals surface area contributed by atoms with Crippen molar-refractivity contribution in [2.45, 2.75) is 19.9 Å². The van der Waals surface area contributed by atoms with Crippen LogP contribution in [0, 0.1) is 13.8 Å². The number of nitrogens with one attached hydrogen (secondary N) is 1. The summed E-state index contributed by atoms with van der Waals surface area (Å²) < 4.78 is 5.43. The number of hydrogen-bond donors (Lipinski definition) is 1. The molecular formula is C20H26N2O. The van der Waals surface area contributed by atoms with Crippen LogP contribution in [0.5, 0.6) is 5.75 Å². The molecule has 0 saturated carbocycles. The van der Waals surface area contributed by atoms with Crippen LogP contribution in [0.4, 0.5) is 0 Å². The highest BCUT2D eigenvalue weighted by Gasteiger charge is 2.24. The summed E-state index contributed by atoms with van der Waals surface area (Å²) in [6.07, 6.45) is 0. The highest BCUT2D eigenvalue weighted by atomic mass is 16.5. The lowest BCUT2D eigenvalue weighted by Crippen LogP contribution is -2.45. The minimum atomic E-state index is 0.307. The summed E-state index contributed by atoms with van der Waals surface area (Å²) in [6.45, 7) is 8.53. The van der Waals surface area contributed by atoms with Gasteiger partial charge in [0.2, 0.25) is 0 Å². The van der Waals surface area contributed by atoms with E-state index in [0.717, 1.165) is 31.9 Å². The predicted molar refractivity (Wildman–Crippen MR) is 95.2 cm³/mol. The number of ether oxygens (including phenoxy) is 1. The van der Waals surface area contributed by atoms with Crippen molar-refractivity contribution in [3.8, 4) is 5.75 Å². The molecule has 3 nitrogen and oxygen atoms in total. The Bertz CT molecular complexity index is 662. The molecule has 1 saturated heterocycles. The van der Waals surface area contributed by atoms with Crippen molar-refractivity contribution in [1.82, 2.24) is 10.2 Å². The Morgan fingerprint density at radius 2 is 1.74 bits per heavy atom. The van der Waals surface area contributed by atoms with Crippen molar-refractivity contribution >= 4 is 0 Å². The van der Waals surface area contributed by atoms with Crippen LogP contribution in [0.3, 0.4) is 0 Å². The van der Waals surface area contributed by atoms with Crippen molar-refractivity contribution < 1.29 is 4.74 Å². The average molecular weight is 310 g/mol. The summed E-state index contributed by atoms with van der Waals surface area (Å²) in [5, 5.41) is 3.45. The van der Waals surface area contributed by atoms with E-state index in [1.54, 1.807) is 7.11 Å². The van der Waals surface area contributed by atoms with Crippen LogP contribution in [-0.2, 0) is 0 Å². The number of hydrogen-bond acceptors (Lipinski definition) is 3. The molecule has 1 unspecified atom stereocenters. The van der Waals surface area contributed by atoms with Gasteiger partial charge in [0.15, 0.2) is 0 Å². The van der Waals surface area contributed by atoms with E-state index < -0.39 is 0 Å². The minimum Gasteiger partial charge on any atom is -0.496 e. The van der Waals surface area contributed by atoms with Gasteiger partial charge in [0, 0.05) is 26.2 Å². The molecule has 1 atom stereocenters. The summed E-state index contributed by atoms with van der Waals surface area (Å²) in [5.41, 5.74) is 5.22. The van der Waals surface area contributed by atoms with Crippen molar-refractivity contribution in [1.29, 1.82) is 0 Å². The number of rotatable bonds is 4. The fraction of sp³-hybridized carbons (Fsp3) is 0.400. The van der Waals surface area contributed by atoms with E-state index in [-0.39, 0.29) is 0 Å². The van der Waals surface area contributed by atoms with Gasteiger partial charge < -0.3 is 10.1 Å². The van der Waals surface area contributed by atoms with Crippen LogP contribution >= 0.6 is 0 Å². The smallest absolute Gasteiger partial charge is 0.121 e. The van der Waals surface area contributed by atoms with Crippen LogP contribution < -0.4 is 10.1 Å². The van der Waals surface area contributed by atoms with Crippen LogP contribution in [0.1, 0.15) is 28.3 Å². The van der Waals surface area contributed by atoms with Crippen LogP contribution in [0.25, 0.3) is 0 Å². The largest absolute Gasteiger partial charge is 0.496 e. The number of methoxy groups -OCH3 is 1. The quantitative estimate of drug-likeness (QED) is 0.938. The Kier molecular flexibility index (Phi) is 4.99. The third-order valence-electron chi connectivity index (χ3n) is 4.61. The minimum absolute atomic E-state index is 0.307. The zero-order valence-corrected chi connectivity index (χ0v) is 14.3. The zero-order valence-electron chi connectivity index (χ0n) is 14.3. The fourth-order valence-electron chi connectivity index (χ4n) is 3.47. The highest BCUT2D eigenvalue weighted by molar-refractivity contribution is 5.41. The highest BCUT2D eigenvalue weighted by Crippen LogP contribution is 2.32. The fourth-order valence-corrected chi connectivity index (χ4v) is 3.47. The summed E-state index contributed by atoms with van der Waals surface area (Å²) in [6, 6.07) is 15.8. The van der Waals surface area contributed by atoms with E-state index in [0.29, 0.717) is 6.04 Å². The third kappa shape index (κ3) is 3.57. The van der Waals surface area contributed by atoms with Gasteiger partial charge >= 0.3 is 0 Å². The molecule has 1 heterocycles. The SMILES string of the molecule is COc1ccc(C(c2cccc(C)c2)N2CCNCC2)cc1C. The van der Waals surface area contributed by atoms with Crippen LogP contribution in [0.15, 0.2) is 42.5 Å². The van der Waals surface area contributed by atoms with Gasteiger partial charge in [-0.05, 0) is 36.6 Å². The first-order valence-electron chi connectivity index (χ1n) is 8.35. The monoisotopic (exact) mass is 310 g/mol. The molecule has 3 rings (SSSR count). The Morgan fingerprint density at radius 1 is 1.00 bits per heavy atom. The second-order valence-electron chi connectivity index (χ2n) is 6.33. The predicted octanol–water partition coefficient (Wildman–Crippen LogP) is 3.31. The number of benzene rings is 2. The third-order valence-corrected chi connectivity index (χ3v) is 4.61. The molecule has 2 aromatic rings. The number of aryl methyl sites for hydroxylation is 2. The topological polar surface area (TPSA) is 24.5 Å². The second kappa shape index (κ2) is 7.16. The van der Waals surface area contributed by atoms with E-state index in [2.05, 4.69) is 66.5 Å². The maximum atomic E-state index is 5.43. The van der Waals surface area contributed by atoms with Crippen molar-refractivity contribution in [3.05, 3.63) is 64.7 Å². The first-order chi connectivity index (χ1) is 11.2. The van der Waals surface area contributed by atoms with Gasteiger partial charge in [-0.3, -0.25) is 4.90 Å². The van der Waals surface area contributed by atoms with Gasteiger partial charge in [-0.1, -0.05) is 42.0 Å². The molecule has 1 aliphatic rings. The maximum Gasteiger partial charge on any atom is 0.121 e. The molecule has 3 heteroatoms. The molecule has 23 heavy (non-hydrogen) atoms. The molecule has 0 radical (unpaired) electrons.